The maximum atomic E-state index is 11.0. The summed E-state index contributed by atoms with van der Waals surface area (Å²) in [6, 6.07) is 0. The minimum Gasteiger partial charge on any atom is -0.467 e. The van der Waals surface area contributed by atoms with Gasteiger partial charge in [0.25, 0.3) is 0 Å². The smallest absolute Gasteiger partial charge is 0.335 e. The summed E-state index contributed by atoms with van der Waals surface area (Å²) in [5.74, 6) is -0.503. The highest BCUT2D eigenvalue weighted by molar-refractivity contribution is 5.74. The highest BCUT2D eigenvalue weighted by Crippen LogP contribution is 2.20. The normalized spacial score (nSPS) is 30.1. The van der Waals surface area contributed by atoms with Crippen LogP contribution in [0.3, 0.4) is 0 Å². The first kappa shape index (κ1) is 14.3. The van der Waals surface area contributed by atoms with Crippen molar-refractivity contribution < 1.29 is 24.5 Å². The van der Waals surface area contributed by atoms with Crippen LogP contribution in [0.1, 0.15) is 26.7 Å². The van der Waals surface area contributed by atoms with Crippen LogP contribution in [-0.2, 0) is 14.3 Å². The lowest BCUT2D eigenvalue weighted by atomic mass is 10.0. The molecule has 90 valence electrons. The van der Waals surface area contributed by atoms with Crippen molar-refractivity contribution in [2.45, 2.75) is 45.0 Å². The molecular formula is C10H20O5. The summed E-state index contributed by atoms with van der Waals surface area (Å²) >= 11 is 0. The van der Waals surface area contributed by atoms with E-state index in [9.17, 15) is 9.90 Å². The number of esters is 1. The summed E-state index contributed by atoms with van der Waals surface area (Å²) in [4.78, 5) is 11.0. The largest absolute Gasteiger partial charge is 0.467 e. The van der Waals surface area contributed by atoms with Gasteiger partial charge in [-0.25, -0.2) is 4.79 Å². The second-order valence-electron chi connectivity index (χ2n) is 3.08. The average molecular weight is 220 g/mol. The van der Waals surface area contributed by atoms with Crippen molar-refractivity contribution in [1.82, 2.24) is 0 Å². The van der Waals surface area contributed by atoms with Crippen LogP contribution in [0, 0.1) is 0 Å². The number of methoxy groups -OCH3 is 1. The Balaban J connectivity index is 0.000000921. The fraction of sp³-hybridized carbons (Fsp3) is 0.900. The molecule has 0 aromatic rings. The maximum Gasteiger partial charge on any atom is 0.335 e. The Morgan fingerprint density at radius 3 is 2.53 bits per heavy atom. The van der Waals surface area contributed by atoms with E-state index in [0.717, 1.165) is 0 Å². The average Bonchev–Trinajstić information content (AvgIpc) is 2.29. The topological polar surface area (TPSA) is 76.0 Å². The molecule has 1 aliphatic rings. The van der Waals surface area contributed by atoms with E-state index in [1.807, 2.05) is 13.8 Å². The van der Waals surface area contributed by atoms with Crippen LogP contribution in [0.4, 0.5) is 0 Å². The first-order valence-electron chi connectivity index (χ1n) is 5.19. The van der Waals surface area contributed by atoms with E-state index in [1.165, 1.54) is 7.11 Å². The number of ether oxygens (including phenoxy) is 2. The number of hydrogen-bond donors (Lipinski definition) is 2. The van der Waals surface area contributed by atoms with Crippen molar-refractivity contribution in [1.29, 1.82) is 0 Å². The summed E-state index contributed by atoms with van der Waals surface area (Å²) in [5, 5.41) is 18.1. The molecule has 1 heterocycles. The molecule has 0 saturated carbocycles. The Bertz CT molecular complexity index is 183. The van der Waals surface area contributed by atoms with Crippen molar-refractivity contribution in [2.75, 3.05) is 13.7 Å². The molecule has 2 N–H and O–H groups in total. The third-order valence-electron chi connectivity index (χ3n) is 2.05. The second kappa shape index (κ2) is 7.62. The lowest BCUT2D eigenvalue weighted by Crippen LogP contribution is -2.42. The molecule has 3 atom stereocenters. The van der Waals surface area contributed by atoms with E-state index in [-0.39, 0.29) is 13.0 Å². The lowest BCUT2D eigenvalue weighted by molar-refractivity contribution is -0.172. The SMILES string of the molecule is CC.COC(=O)C1CC(O)CC(CO)O1. The van der Waals surface area contributed by atoms with Crippen molar-refractivity contribution in [2.24, 2.45) is 0 Å². The van der Waals surface area contributed by atoms with Gasteiger partial charge in [-0.15, -0.1) is 0 Å². The zero-order chi connectivity index (χ0) is 11.8. The van der Waals surface area contributed by atoms with Crippen molar-refractivity contribution in [3.05, 3.63) is 0 Å². The number of carbonyl (C=O) groups is 1. The van der Waals surface area contributed by atoms with E-state index in [1.54, 1.807) is 0 Å². The molecule has 0 bridgehead atoms. The van der Waals surface area contributed by atoms with Gasteiger partial charge in [0.05, 0.1) is 25.9 Å². The highest BCUT2D eigenvalue weighted by atomic mass is 16.6. The fourth-order valence-corrected chi connectivity index (χ4v) is 1.39. The molecule has 1 rings (SSSR count). The Morgan fingerprint density at radius 2 is 2.07 bits per heavy atom. The van der Waals surface area contributed by atoms with Gasteiger partial charge < -0.3 is 19.7 Å². The van der Waals surface area contributed by atoms with Crippen LogP contribution in [0.2, 0.25) is 0 Å². The first-order valence-corrected chi connectivity index (χ1v) is 5.19. The lowest BCUT2D eigenvalue weighted by Gasteiger charge is -2.30. The monoisotopic (exact) mass is 220 g/mol. The fourth-order valence-electron chi connectivity index (χ4n) is 1.39. The third kappa shape index (κ3) is 4.59. The number of aliphatic hydroxyl groups excluding tert-OH is 2. The Hall–Kier alpha value is -0.650. The predicted molar refractivity (Wildman–Crippen MR) is 54.4 cm³/mol. The first-order chi connectivity index (χ1) is 7.17. The molecule has 0 amide bonds. The van der Waals surface area contributed by atoms with E-state index in [4.69, 9.17) is 9.84 Å². The van der Waals surface area contributed by atoms with E-state index >= 15 is 0 Å². The Kier molecular flexibility index (Phi) is 7.29. The molecule has 5 nitrogen and oxygen atoms in total. The summed E-state index contributed by atoms with van der Waals surface area (Å²) in [6.45, 7) is 3.81. The zero-order valence-electron chi connectivity index (χ0n) is 9.47. The standard InChI is InChI=1S/C8H14O5.C2H6/c1-12-8(11)7-3-5(10)2-6(4-9)13-7;1-2/h5-7,9-10H,2-4H2,1H3;1-2H3. The maximum absolute atomic E-state index is 11.0. The Morgan fingerprint density at radius 1 is 1.47 bits per heavy atom. The van der Waals surface area contributed by atoms with Gasteiger partial charge in [0, 0.05) is 12.8 Å². The zero-order valence-corrected chi connectivity index (χ0v) is 9.47. The Labute approximate surface area is 90.0 Å². The van der Waals surface area contributed by atoms with Crippen molar-refractivity contribution >= 4 is 5.97 Å². The summed E-state index contributed by atoms with van der Waals surface area (Å²) < 4.78 is 9.65. The molecule has 0 aromatic carbocycles. The van der Waals surface area contributed by atoms with Crippen LogP contribution >= 0.6 is 0 Å². The number of carbonyl (C=O) groups excluding carboxylic acids is 1. The molecule has 5 heteroatoms. The molecule has 0 radical (unpaired) electrons. The molecule has 1 fully saturated rings. The second-order valence-corrected chi connectivity index (χ2v) is 3.08. The highest BCUT2D eigenvalue weighted by Gasteiger charge is 2.32. The van der Waals surface area contributed by atoms with Crippen LogP contribution in [0.15, 0.2) is 0 Å². The van der Waals surface area contributed by atoms with Crippen molar-refractivity contribution in [3.8, 4) is 0 Å². The van der Waals surface area contributed by atoms with Gasteiger partial charge >= 0.3 is 5.97 Å². The van der Waals surface area contributed by atoms with Gasteiger partial charge in [0.15, 0.2) is 6.10 Å². The molecule has 0 aliphatic carbocycles. The van der Waals surface area contributed by atoms with Gasteiger partial charge in [-0.3, -0.25) is 0 Å². The molecular weight excluding hydrogens is 200 g/mol. The van der Waals surface area contributed by atoms with Crippen LogP contribution in [0.25, 0.3) is 0 Å². The van der Waals surface area contributed by atoms with Gasteiger partial charge in [0.2, 0.25) is 0 Å². The van der Waals surface area contributed by atoms with Gasteiger partial charge in [-0.05, 0) is 0 Å². The molecule has 15 heavy (non-hydrogen) atoms. The van der Waals surface area contributed by atoms with E-state index in [2.05, 4.69) is 4.74 Å². The van der Waals surface area contributed by atoms with E-state index in [0.29, 0.717) is 6.42 Å². The summed E-state index contributed by atoms with van der Waals surface area (Å²) in [5.41, 5.74) is 0. The van der Waals surface area contributed by atoms with E-state index < -0.39 is 24.3 Å². The molecule has 3 unspecified atom stereocenters. The molecule has 0 aromatic heterocycles. The van der Waals surface area contributed by atoms with Crippen LogP contribution in [0.5, 0.6) is 0 Å². The van der Waals surface area contributed by atoms with Crippen molar-refractivity contribution in [3.63, 3.8) is 0 Å². The minimum atomic E-state index is -0.745. The molecule has 1 aliphatic heterocycles. The van der Waals surface area contributed by atoms with Gasteiger partial charge in [0.1, 0.15) is 0 Å². The molecule has 0 spiro atoms. The number of aliphatic hydroxyl groups is 2. The van der Waals surface area contributed by atoms with Gasteiger partial charge in [-0.2, -0.15) is 0 Å². The summed E-state index contributed by atoms with van der Waals surface area (Å²) in [6.07, 6.45) is -1.21. The van der Waals surface area contributed by atoms with Crippen LogP contribution in [-0.4, -0.2) is 48.2 Å². The number of hydrogen-bond acceptors (Lipinski definition) is 5. The molecule has 1 saturated heterocycles. The third-order valence-corrected chi connectivity index (χ3v) is 2.05. The predicted octanol–water partition coefficient (Wildman–Crippen LogP) is 0.0864. The quantitative estimate of drug-likeness (QED) is 0.645. The minimum absolute atomic E-state index is 0.190. The summed E-state index contributed by atoms with van der Waals surface area (Å²) in [7, 11) is 1.26. The van der Waals surface area contributed by atoms with Gasteiger partial charge in [-0.1, -0.05) is 13.8 Å². The van der Waals surface area contributed by atoms with Crippen LogP contribution < -0.4 is 0 Å². The number of rotatable bonds is 2.